The van der Waals surface area contributed by atoms with Crippen LogP contribution in [0.4, 0.5) is 11.4 Å². The largest absolute Gasteiger partial charge is 1.00 e. The van der Waals surface area contributed by atoms with Crippen LogP contribution in [0.25, 0.3) is 11.0 Å². The van der Waals surface area contributed by atoms with Crippen LogP contribution < -0.4 is 75.3 Å². The molecule has 0 radical (unpaired) electrons. The first-order valence-electron chi connectivity index (χ1n) is 13.8. The normalized spacial score (nSPS) is 12.8. The molecule has 5 aromatic rings. The maximum atomic E-state index is 13.5. The third-order valence-corrected chi connectivity index (χ3v) is 10.0. The Kier molecular flexibility index (Phi) is 12.4. The Balaban J connectivity index is 0.00000292. The van der Waals surface area contributed by atoms with Gasteiger partial charge >= 0.3 is 59.1 Å². The Bertz CT molecular complexity index is 2540. The summed E-state index contributed by atoms with van der Waals surface area (Å²) in [5, 5.41) is 15.5. The number of rotatable bonds is 8. The number of benzene rings is 4. The smallest absolute Gasteiger partial charge is 0.858 e. The van der Waals surface area contributed by atoms with Gasteiger partial charge in [0.15, 0.2) is 21.9 Å². The van der Waals surface area contributed by atoms with Crippen LogP contribution in [0.5, 0.6) is 0 Å². The molecule has 51 heavy (non-hydrogen) atoms. The van der Waals surface area contributed by atoms with Gasteiger partial charge in [-0.1, -0.05) is 65.7 Å². The first-order chi connectivity index (χ1) is 23.0. The van der Waals surface area contributed by atoms with Crippen molar-refractivity contribution in [3.8, 4) is 0 Å². The second-order valence-corrected chi connectivity index (χ2v) is 14.1. The molecule has 1 aliphatic rings. The van der Waals surface area contributed by atoms with Crippen LogP contribution in [-0.4, -0.2) is 53.4 Å². The zero-order chi connectivity index (χ0) is 35.4. The third-order valence-electron chi connectivity index (χ3n) is 7.58. The van der Waals surface area contributed by atoms with Gasteiger partial charge in [-0.05, 0) is 46.9 Å². The van der Waals surface area contributed by atoms with Crippen molar-refractivity contribution >= 4 is 83.3 Å². The number of aliphatic imine (C=N–C) groups is 1. The number of carbonyl (C=O) groups excluding carboxylic acids is 2. The van der Waals surface area contributed by atoms with E-state index in [2.05, 4.69) is 20.3 Å². The SMILES string of the molecule is Nc1c(S(=O)(=O)O)cc(NCc2ccc(CN=C([O-])c3ccc4nc(Cl)c(Cl)nc4c3)c(S(=O)(=O)[O-])c2)c2c1C(=O)c1ccccc1C2=O.[Na+].[Na+]. The molecule has 1 heterocycles. The third kappa shape index (κ3) is 8.17. The van der Waals surface area contributed by atoms with Gasteiger partial charge in [0.2, 0.25) is 0 Å². The van der Waals surface area contributed by atoms with Crippen molar-refractivity contribution in [2.24, 2.45) is 4.99 Å². The molecule has 20 heteroatoms. The number of ketones is 2. The molecule has 0 atom stereocenters. The number of nitrogen functional groups attached to an aromatic ring is 1. The number of halogens is 2. The Morgan fingerprint density at radius 3 is 2.06 bits per heavy atom. The second-order valence-electron chi connectivity index (χ2n) is 10.6. The van der Waals surface area contributed by atoms with Crippen molar-refractivity contribution in [2.75, 3.05) is 11.1 Å². The molecule has 4 N–H and O–H groups in total. The average Bonchev–Trinajstić information content (AvgIpc) is 3.04. The van der Waals surface area contributed by atoms with Gasteiger partial charge in [-0.2, -0.15) is 8.42 Å². The van der Waals surface area contributed by atoms with Gasteiger partial charge in [0.25, 0.3) is 10.1 Å². The Morgan fingerprint density at radius 2 is 1.45 bits per heavy atom. The van der Waals surface area contributed by atoms with Gasteiger partial charge in [-0.15, -0.1) is 0 Å². The standard InChI is InChI=1S/C31H21Cl2N5O9S2.2Na/c32-29-30(33)38-20-10-15(7-8-19(20)37-29)31(41)36-13-16-6-5-14(9-22(16)48(42,43)44)12-35-21-11-23(49(45,46)47)26(34)25-24(21)27(39)17-3-1-2-4-18(17)28(25)40;;/h1-11,35H,12-13,34H2,(H,36,41)(H,42,43,44)(H,45,46,47);;/q;2*+1/p-2. The van der Waals surface area contributed by atoms with Crippen LogP contribution in [0, 0.1) is 0 Å². The van der Waals surface area contributed by atoms with Crippen molar-refractivity contribution in [1.82, 2.24) is 9.97 Å². The molecule has 0 spiro atoms. The predicted molar refractivity (Wildman–Crippen MR) is 176 cm³/mol. The number of fused-ring (bicyclic) bond motifs is 3. The van der Waals surface area contributed by atoms with Gasteiger partial charge in [-0.3, -0.25) is 19.1 Å². The monoisotopic (exact) mass is 785 g/mol. The van der Waals surface area contributed by atoms with Crippen LogP contribution in [0.3, 0.4) is 0 Å². The summed E-state index contributed by atoms with van der Waals surface area (Å²) in [5.74, 6) is -2.15. The van der Waals surface area contributed by atoms with E-state index < -0.39 is 65.3 Å². The predicted octanol–water partition coefficient (Wildman–Crippen LogP) is -2.63. The number of nitrogens with zero attached hydrogens (tertiary/aromatic N) is 3. The van der Waals surface area contributed by atoms with E-state index >= 15 is 0 Å². The van der Waals surface area contributed by atoms with E-state index in [9.17, 15) is 40.6 Å². The van der Waals surface area contributed by atoms with Gasteiger partial charge in [0, 0.05) is 23.4 Å². The zero-order valence-corrected chi connectivity index (χ0v) is 33.6. The molecule has 250 valence electrons. The van der Waals surface area contributed by atoms with E-state index in [1.807, 2.05) is 0 Å². The maximum Gasteiger partial charge on any atom is 1.00 e. The molecule has 0 unspecified atom stereocenters. The number of aromatic nitrogens is 2. The van der Waals surface area contributed by atoms with E-state index in [-0.39, 0.29) is 121 Å². The van der Waals surface area contributed by atoms with Crippen molar-refractivity contribution in [3.05, 3.63) is 116 Å². The number of hydrogen-bond acceptors (Lipinski definition) is 13. The fourth-order valence-electron chi connectivity index (χ4n) is 5.31. The topological polar surface area (TPSA) is 245 Å². The van der Waals surface area contributed by atoms with Gasteiger partial charge in [-0.25, -0.2) is 18.4 Å². The van der Waals surface area contributed by atoms with E-state index in [1.165, 1.54) is 54.6 Å². The molecule has 0 fully saturated rings. The quantitative estimate of drug-likeness (QED) is 0.0471. The van der Waals surface area contributed by atoms with Crippen molar-refractivity contribution in [2.45, 2.75) is 22.9 Å². The first-order valence-corrected chi connectivity index (χ1v) is 17.4. The number of nitrogens with two attached hydrogens (primary N) is 1. The summed E-state index contributed by atoms with van der Waals surface area (Å²) < 4.78 is 70.9. The summed E-state index contributed by atoms with van der Waals surface area (Å²) in [7, 11) is -10.1. The molecule has 4 aromatic carbocycles. The molecule has 6 rings (SSSR count). The minimum atomic E-state index is -5.11. The van der Waals surface area contributed by atoms with Crippen LogP contribution >= 0.6 is 23.2 Å². The summed E-state index contributed by atoms with van der Waals surface area (Å²) in [6, 6.07) is 14.7. The summed E-state index contributed by atoms with van der Waals surface area (Å²) in [5.41, 5.74) is 5.27. The van der Waals surface area contributed by atoms with Crippen LogP contribution in [0.1, 0.15) is 48.5 Å². The summed E-state index contributed by atoms with van der Waals surface area (Å²) >= 11 is 11.8. The van der Waals surface area contributed by atoms with Gasteiger partial charge in [0.1, 0.15) is 15.0 Å². The molecular weight excluding hydrogens is 767 g/mol. The maximum absolute atomic E-state index is 13.5. The first kappa shape index (κ1) is 40.8. The minimum Gasteiger partial charge on any atom is -0.858 e. The van der Waals surface area contributed by atoms with Crippen molar-refractivity contribution < 1.29 is 99.8 Å². The van der Waals surface area contributed by atoms with Crippen molar-refractivity contribution in [1.29, 1.82) is 0 Å². The number of carbonyl (C=O) groups is 2. The van der Waals surface area contributed by atoms with E-state index in [0.29, 0.717) is 5.52 Å². The fourth-order valence-corrected chi connectivity index (χ4v) is 6.97. The number of anilines is 2. The van der Waals surface area contributed by atoms with Crippen LogP contribution in [0.2, 0.25) is 10.3 Å². The van der Waals surface area contributed by atoms with E-state index in [0.717, 1.165) is 12.1 Å². The molecule has 0 amide bonds. The molecule has 0 bridgehead atoms. The zero-order valence-electron chi connectivity index (χ0n) is 26.5. The Labute approximate surface area is 344 Å². The number of nitrogens with one attached hydrogen (secondary N) is 1. The van der Waals surface area contributed by atoms with E-state index in [4.69, 9.17) is 28.9 Å². The Hall–Kier alpha value is -2.97. The average molecular weight is 787 g/mol. The summed E-state index contributed by atoms with van der Waals surface area (Å²) in [6.45, 7) is -0.790. The molecule has 1 aliphatic carbocycles. The van der Waals surface area contributed by atoms with Crippen LogP contribution in [0.15, 0.2) is 81.5 Å². The molecule has 0 saturated heterocycles. The molecule has 0 saturated carbocycles. The summed E-state index contributed by atoms with van der Waals surface area (Å²) in [6.07, 6.45) is 0. The fraction of sp³-hybridized carbons (Fsp3) is 0.0645. The molecule has 1 aromatic heterocycles. The van der Waals surface area contributed by atoms with Gasteiger partial charge < -0.3 is 20.7 Å². The molecular formula is C31H19Cl2N5Na2O9S2. The van der Waals surface area contributed by atoms with Crippen LogP contribution in [-0.2, 0) is 33.3 Å². The van der Waals surface area contributed by atoms with E-state index in [1.54, 1.807) is 0 Å². The Morgan fingerprint density at radius 1 is 0.843 bits per heavy atom. The van der Waals surface area contributed by atoms with Gasteiger partial charge in [0.05, 0.1) is 39.3 Å². The van der Waals surface area contributed by atoms with Crippen molar-refractivity contribution in [3.63, 3.8) is 0 Å². The molecule has 0 aliphatic heterocycles. The molecule has 14 nitrogen and oxygen atoms in total. The second kappa shape index (κ2) is 15.6. The summed E-state index contributed by atoms with van der Waals surface area (Å²) in [4.78, 5) is 37.4. The minimum absolute atomic E-state index is 0. The number of hydrogen-bond donors (Lipinski definition) is 3.